The van der Waals surface area contributed by atoms with Gasteiger partial charge in [0.2, 0.25) is 5.91 Å². The number of nitrogens with one attached hydrogen (secondary N) is 1. The van der Waals surface area contributed by atoms with Gasteiger partial charge in [0.05, 0.1) is 18.9 Å². The predicted molar refractivity (Wildman–Crippen MR) is 64.3 cm³/mol. The van der Waals surface area contributed by atoms with Crippen molar-refractivity contribution >= 4 is 17.7 Å². The van der Waals surface area contributed by atoms with E-state index in [1.807, 2.05) is 0 Å². The van der Waals surface area contributed by atoms with Crippen LogP contribution < -0.4 is 0 Å². The van der Waals surface area contributed by atoms with Crippen LogP contribution in [0, 0.1) is 0 Å². The first-order chi connectivity index (χ1) is 7.74. The van der Waals surface area contributed by atoms with Gasteiger partial charge in [0.25, 0.3) is 0 Å². The topological polar surface area (TPSA) is 58.2 Å². The lowest BCUT2D eigenvalue weighted by Crippen LogP contribution is -2.28. The maximum absolute atomic E-state index is 11.7. The fourth-order valence-corrected chi connectivity index (χ4v) is 1.93. The quantitative estimate of drug-likeness (QED) is 0.718. The average molecular weight is 243 g/mol. The molecule has 16 heavy (non-hydrogen) atoms. The molecule has 0 aliphatic rings. The molecule has 1 aromatic heterocycles. The van der Waals surface area contributed by atoms with Gasteiger partial charge in [-0.1, -0.05) is 0 Å². The number of nitrogens with zero attached hydrogens (tertiary/aromatic N) is 2. The van der Waals surface area contributed by atoms with Crippen molar-refractivity contribution in [1.82, 2.24) is 14.9 Å². The van der Waals surface area contributed by atoms with Gasteiger partial charge in [0.15, 0.2) is 0 Å². The Kier molecular flexibility index (Phi) is 5.95. The Hall–Kier alpha value is -1.01. The zero-order chi connectivity index (χ0) is 11.8. The highest BCUT2D eigenvalue weighted by Gasteiger charge is 2.09. The Morgan fingerprint density at radius 3 is 3.12 bits per heavy atom. The van der Waals surface area contributed by atoms with Gasteiger partial charge < -0.3 is 14.6 Å². The zero-order valence-electron chi connectivity index (χ0n) is 9.60. The van der Waals surface area contributed by atoms with Gasteiger partial charge in [-0.25, -0.2) is 4.98 Å². The Morgan fingerprint density at radius 2 is 2.50 bits per heavy atom. The number of thioether (sulfide) groups is 1. The van der Waals surface area contributed by atoms with Crippen LogP contribution in [-0.4, -0.2) is 53.0 Å². The molecule has 0 saturated heterocycles. The number of ether oxygens (including phenoxy) is 1. The van der Waals surface area contributed by atoms with Crippen molar-refractivity contribution in [2.45, 2.75) is 6.54 Å². The second-order valence-electron chi connectivity index (χ2n) is 3.33. The van der Waals surface area contributed by atoms with Crippen molar-refractivity contribution in [3.8, 4) is 0 Å². The third-order valence-corrected chi connectivity index (χ3v) is 2.93. The number of amides is 1. The van der Waals surface area contributed by atoms with Crippen molar-refractivity contribution < 1.29 is 9.53 Å². The Bertz CT molecular complexity index is 303. The first-order valence-electron chi connectivity index (χ1n) is 5.03. The van der Waals surface area contributed by atoms with Crippen LogP contribution in [0.5, 0.6) is 0 Å². The molecular formula is C10H17N3O2S. The van der Waals surface area contributed by atoms with E-state index in [1.165, 1.54) is 0 Å². The fraction of sp³-hybridized carbons (Fsp3) is 0.600. The number of rotatable bonds is 7. The lowest BCUT2D eigenvalue weighted by atomic mass is 10.5. The Balaban J connectivity index is 2.20. The zero-order valence-corrected chi connectivity index (χ0v) is 10.4. The van der Waals surface area contributed by atoms with Crippen LogP contribution in [0.25, 0.3) is 0 Å². The summed E-state index contributed by atoms with van der Waals surface area (Å²) in [5.74, 6) is 2.24. The maximum Gasteiger partial charge on any atom is 0.232 e. The number of carbonyl (C=O) groups is 1. The second kappa shape index (κ2) is 7.29. The standard InChI is InChI=1S/C10H17N3O2S/c1-13(7-9-11-3-4-12-9)10(14)8-16-6-5-15-2/h3-4H,5-8H2,1-2H3,(H,11,12). The molecule has 0 saturated carbocycles. The summed E-state index contributed by atoms with van der Waals surface area (Å²) in [7, 11) is 3.44. The summed E-state index contributed by atoms with van der Waals surface area (Å²) in [5.41, 5.74) is 0. The van der Waals surface area contributed by atoms with E-state index in [1.54, 1.807) is 43.2 Å². The predicted octanol–water partition coefficient (Wildman–Crippen LogP) is 0.748. The van der Waals surface area contributed by atoms with Crippen molar-refractivity contribution in [3.63, 3.8) is 0 Å². The van der Waals surface area contributed by atoms with E-state index >= 15 is 0 Å². The number of carbonyl (C=O) groups excluding carboxylic acids is 1. The summed E-state index contributed by atoms with van der Waals surface area (Å²) in [6.45, 7) is 1.20. The first-order valence-corrected chi connectivity index (χ1v) is 6.18. The van der Waals surface area contributed by atoms with Gasteiger partial charge >= 0.3 is 0 Å². The molecule has 0 aliphatic carbocycles. The SMILES string of the molecule is COCCSCC(=O)N(C)Cc1ncc[nH]1. The fourth-order valence-electron chi connectivity index (χ4n) is 1.11. The second-order valence-corrected chi connectivity index (χ2v) is 4.44. The molecule has 0 unspecified atom stereocenters. The molecule has 1 aromatic rings. The van der Waals surface area contributed by atoms with Crippen LogP contribution in [-0.2, 0) is 16.1 Å². The number of methoxy groups -OCH3 is 1. The number of imidazole rings is 1. The number of hydrogen-bond donors (Lipinski definition) is 1. The van der Waals surface area contributed by atoms with Crippen LogP contribution in [0.3, 0.4) is 0 Å². The molecular weight excluding hydrogens is 226 g/mol. The van der Waals surface area contributed by atoms with E-state index in [4.69, 9.17) is 4.74 Å². The summed E-state index contributed by atoms with van der Waals surface area (Å²) >= 11 is 1.58. The van der Waals surface area contributed by atoms with Crippen LogP contribution in [0.4, 0.5) is 0 Å². The molecule has 0 atom stereocenters. The normalized spacial score (nSPS) is 10.4. The van der Waals surface area contributed by atoms with Crippen LogP contribution in [0.2, 0.25) is 0 Å². The van der Waals surface area contributed by atoms with E-state index in [9.17, 15) is 4.79 Å². The Morgan fingerprint density at radius 1 is 1.69 bits per heavy atom. The number of aromatic amines is 1. The van der Waals surface area contributed by atoms with Gasteiger partial charge in [-0.2, -0.15) is 0 Å². The number of aromatic nitrogens is 2. The molecule has 1 heterocycles. The number of hydrogen-bond acceptors (Lipinski definition) is 4. The van der Waals surface area contributed by atoms with Gasteiger partial charge in [0.1, 0.15) is 5.82 Å². The molecule has 90 valence electrons. The van der Waals surface area contributed by atoms with Gasteiger partial charge in [-0.3, -0.25) is 4.79 Å². The Labute approximate surface area is 99.6 Å². The highest BCUT2D eigenvalue weighted by molar-refractivity contribution is 7.99. The summed E-state index contributed by atoms with van der Waals surface area (Å²) in [5, 5.41) is 0. The lowest BCUT2D eigenvalue weighted by molar-refractivity contribution is -0.127. The van der Waals surface area contributed by atoms with E-state index in [2.05, 4.69) is 9.97 Å². The summed E-state index contributed by atoms with van der Waals surface area (Å²) in [4.78, 5) is 20.4. The molecule has 1 amide bonds. The minimum atomic E-state index is 0.109. The van der Waals surface area contributed by atoms with Gasteiger partial charge in [0, 0.05) is 32.3 Å². The highest BCUT2D eigenvalue weighted by Crippen LogP contribution is 2.03. The molecule has 0 fully saturated rings. The molecule has 5 nitrogen and oxygen atoms in total. The summed E-state index contributed by atoms with van der Waals surface area (Å²) in [6, 6.07) is 0. The molecule has 1 rings (SSSR count). The molecule has 1 N–H and O–H groups in total. The largest absolute Gasteiger partial charge is 0.384 e. The minimum Gasteiger partial charge on any atom is -0.384 e. The van der Waals surface area contributed by atoms with Crippen molar-refractivity contribution in [2.75, 3.05) is 32.3 Å². The van der Waals surface area contributed by atoms with E-state index in [0.717, 1.165) is 11.6 Å². The number of H-pyrrole nitrogens is 1. The highest BCUT2D eigenvalue weighted by atomic mass is 32.2. The summed E-state index contributed by atoms with van der Waals surface area (Å²) in [6.07, 6.45) is 3.43. The summed E-state index contributed by atoms with van der Waals surface area (Å²) < 4.78 is 4.91. The smallest absolute Gasteiger partial charge is 0.232 e. The lowest BCUT2D eigenvalue weighted by Gasteiger charge is -2.15. The van der Waals surface area contributed by atoms with Crippen molar-refractivity contribution in [1.29, 1.82) is 0 Å². The van der Waals surface area contributed by atoms with E-state index < -0.39 is 0 Å². The third-order valence-electron chi connectivity index (χ3n) is 2.02. The van der Waals surface area contributed by atoms with Crippen molar-refractivity contribution in [2.24, 2.45) is 0 Å². The first kappa shape index (κ1) is 13.1. The van der Waals surface area contributed by atoms with Crippen LogP contribution in [0.15, 0.2) is 12.4 Å². The molecule has 0 aromatic carbocycles. The maximum atomic E-state index is 11.7. The van der Waals surface area contributed by atoms with Gasteiger partial charge in [-0.05, 0) is 0 Å². The molecule has 0 radical (unpaired) electrons. The van der Waals surface area contributed by atoms with Crippen LogP contribution in [0.1, 0.15) is 5.82 Å². The van der Waals surface area contributed by atoms with Crippen LogP contribution >= 0.6 is 11.8 Å². The molecule has 0 spiro atoms. The van der Waals surface area contributed by atoms with E-state index in [-0.39, 0.29) is 5.91 Å². The molecule has 0 aliphatic heterocycles. The monoisotopic (exact) mass is 243 g/mol. The molecule has 6 heteroatoms. The third kappa shape index (κ3) is 4.67. The van der Waals surface area contributed by atoms with Crippen molar-refractivity contribution in [3.05, 3.63) is 18.2 Å². The van der Waals surface area contributed by atoms with E-state index in [0.29, 0.717) is 18.9 Å². The average Bonchev–Trinajstić information content (AvgIpc) is 2.76. The van der Waals surface area contributed by atoms with Gasteiger partial charge in [-0.15, -0.1) is 11.8 Å². The molecule has 0 bridgehead atoms. The minimum absolute atomic E-state index is 0.109.